The lowest BCUT2D eigenvalue weighted by Gasteiger charge is -2.43. The number of halogens is 1. The van der Waals surface area contributed by atoms with Gasteiger partial charge in [-0.3, -0.25) is 14.4 Å². The highest BCUT2D eigenvalue weighted by Crippen LogP contribution is 2.25. The monoisotopic (exact) mass is 571 g/mol. The third-order valence-corrected chi connectivity index (χ3v) is 8.52. The van der Waals surface area contributed by atoms with Crippen LogP contribution in [0.15, 0.2) is 84.9 Å². The predicted octanol–water partition coefficient (Wildman–Crippen LogP) is 5.27. The van der Waals surface area contributed by atoms with E-state index in [1.54, 1.807) is 17.0 Å². The van der Waals surface area contributed by atoms with Gasteiger partial charge in [-0.15, -0.1) is 0 Å². The quantitative estimate of drug-likeness (QED) is 0.348. The van der Waals surface area contributed by atoms with Crippen LogP contribution < -0.4 is 10.6 Å². The number of amides is 3. The summed E-state index contributed by atoms with van der Waals surface area (Å²) in [4.78, 5) is 43.7. The molecule has 214 valence electrons. The summed E-state index contributed by atoms with van der Waals surface area (Å²) in [6.45, 7) is 0. The number of aryl methyl sites for hydroxylation is 1. The van der Waals surface area contributed by atoms with Crippen LogP contribution in [0.1, 0.15) is 55.2 Å². The van der Waals surface area contributed by atoms with Gasteiger partial charge in [0, 0.05) is 23.9 Å². The number of hydrogen-bond donors (Lipinski definition) is 2. The van der Waals surface area contributed by atoms with Crippen molar-refractivity contribution < 1.29 is 14.4 Å². The van der Waals surface area contributed by atoms with Crippen LogP contribution in [0.3, 0.4) is 0 Å². The SMILES string of the molecule is O=C(NC1CCCCC1)C(CCc1ccccc1)N1C(=O)[C@H](Cc2ccccc2)NC(=O)[C@@H]1Cc1ccc(Cl)cc1. The topological polar surface area (TPSA) is 78.5 Å². The van der Waals surface area contributed by atoms with Crippen molar-refractivity contribution >= 4 is 29.3 Å². The van der Waals surface area contributed by atoms with E-state index in [1.165, 1.54) is 6.42 Å². The van der Waals surface area contributed by atoms with E-state index in [-0.39, 0.29) is 23.8 Å². The zero-order valence-electron chi connectivity index (χ0n) is 23.3. The maximum atomic E-state index is 14.3. The van der Waals surface area contributed by atoms with Gasteiger partial charge in [-0.05, 0) is 54.5 Å². The van der Waals surface area contributed by atoms with Gasteiger partial charge in [0.15, 0.2) is 0 Å². The smallest absolute Gasteiger partial charge is 0.246 e. The Morgan fingerprint density at radius 1 is 0.829 bits per heavy atom. The number of piperazine rings is 1. The van der Waals surface area contributed by atoms with Crippen molar-refractivity contribution in [3.63, 3.8) is 0 Å². The van der Waals surface area contributed by atoms with E-state index >= 15 is 0 Å². The van der Waals surface area contributed by atoms with Crippen LogP contribution in [0.2, 0.25) is 5.02 Å². The summed E-state index contributed by atoms with van der Waals surface area (Å²) in [5.41, 5.74) is 2.92. The molecule has 3 aromatic rings. The van der Waals surface area contributed by atoms with Gasteiger partial charge in [0.05, 0.1) is 0 Å². The van der Waals surface area contributed by atoms with Crippen LogP contribution in [-0.2, 0) is 33.6 Å². The molecule has 1 aliphatic heterocycles. The second-order valence-corrected chi connectivity index (χ2v) is 11.7. The Balaban J connectivity index is 1.47. The molecule has 2 aliphatic rings. The first-order valence-corrected chi connectivity index (χ1v) is 15.1. The molecule has 3 amide bonds. The standard InChI is InChI=1S/C34H38ClN3O3/c35-27-19-16-26(17-20-27)23-31-33(40)37-29(22-25-12-6-2-7-13-25)34(41)38(31)30(21-18-24-10-4-1-5-11-24)32(39)36-28-14-8-3-9-15-28/h1-2,4-7,10-13,16-17,19-20,28-31H,3,8-9,14-15,18,21-23H2,(H,36,39)(H,37,40)/t29-,30?,31-/m0/s1. The number of nitrogens with one attached hydrogen (secondary N) is 2. The Morgan fingerprint density at radius 2 is 1.44 bits per heavy atom. The third kappa shape index (κ3) is 7.56. The van der Waals surface area contributed by atoms with Crippen LogP contribution in [0.4, 0.5) is 0 Å². The minimum atomic E-state index is -0.812. The molecule has 2 N–H and O–H groups in total. The molecule has 0 radical (unpaired) electrons. The van der Waals surface area contributed by atoms with E-state index < -0.39 is 18.1 Å². The van der Waals surface area contributed by atoms with Crippen LogP contribution in [0.25, 0.3) is 0 Å². The van der Waals surface area contributed by atoms with Gasteiger partial charge in [-0.2, -0.15) is 0 Å². The molecule has 6 nitrogen and oxygen atoms in total. The first-order chi connectivity index (χ1) is 20.0. The maximum Gasteiger partial charge on any atom is 0.246 e. The molecule has 3 aromatic carbocycles. The van der Waals surface area contributed by atoms with Crippen LogP contribution >= 0.6 is 11.6 Å². The average molecular weight is 572 g/mol. The van der Waals surface area contributed by atoms with Crippen LogP contribution in [-0.4, -0.2) is 46.8 Å². The summed E-state index contributed by atoms with van der Waals surface area (Å²) < 4.78 is 0. The summed E-state index contributed by atoms with van der Waals surface area (Å²) >= 11 is 6.12. The van der Waals surface area contributed by atoms with Gasteiger partial charge in [0.2, 0.25) is 17.7 Å². The summed E-state index contributed by atoms with van der Waals surface area (Å²) in [6.07, 6.45) is 6.94. The second-order valence-electron chi connectivity index (χ2n) is 11.2. The lowest BCUT2D eigenvalue weighted by molar-refractivity contribution is -0.155. The highest BCUT2D eigenvalue weighted by molar-refractivity contribution is 6.30. The molecule has 5 rings (SSSR count). The number of hydrogen-bond acceptors (Lipinski definition) is 3. The fourth-order valence-electron chi connectivity index (χ4n) is 6.07. The largest absolute Gasteiger partial charge is 0.352 e. The molecular weight excluding hydrogens is 534 g/mol. The molecule has 3 atom stereocenters. The van der Waals surface area contributed by atoms with E-state index in [9.17, 15) is 14.4 Å². The fourth-order valence-corrected chi connectivity index (χ4v) is 6.20. The van der Waals surface area contributed by atoms with Gasteiger partial charge >= 0.3 is 0 Å². The molecule has 1 saturated heterocycles. The molecule has 0 bridgehead atoms. The molecule has 0 aromatic heterocycles. The highest BCUT2D eigenvalue weighted by Gasteiger charge is 2.46. The van der Waals surface area contributed by atoms with E-state index in [0.29, 0.717) is 30.7 Å². The Kier molecular flexibility index (Phi) is 9.73. The lowest BCUT2D eigenvalue weighted by atomic mass is 9.91. The van der Waals surface area contributed by atoms with Crippen molar-refractivity contribution in [1.29, 1.82) is 0 Å². The first-order valence-electron chi connectivity index (χ1n) is 14.7. The third-order valence-electron chi connectivity index (χ3n) is 8.27. The van der Waals surface area contributed by atoms with Crippen LogP contribution in [0.5, 0.6) is 0 Å². The van der Waals surface area contributed by atoms with Gasteiger partial charge in [-0.1, -0.05) is 104 Å². The maximum absolute atomic E-state index is 14.3. The van der Waals surface area contributed by atoms with Gasteiger partial charge in [-0.25, -0.2) is 0 Å². The van der Waals surface area contributed by atoms with E-state index in [4.69, 9.17) is 11.6 Å². The number of rotatable bonds is 10. The molecule has 1 heterocycles. The van der Waals surface area contributed by atoms with Crippen molar-refractivity contribution in [2.45, 2.75) is 82.0 Å². The Hall–Kier alpha value is -3.64. The molecule has 1 unspecified atom stereocenters. The van der Waals surface area contributed by atoms with E-state index in [0.717, 1.165) is 42.4 Å². The molecule has 7 heteroatoms. The number of carbonyl (C=O) groups excluding carboxylic acids is 3. The average Bonchev–Trinajstić information content (AvgIpc) is 2.99. The summed E-state index contributed by atoms with van der Waals surface area (Å²) in [6, 6.07) is 24.7. The number of carbonyl (C=O) groups is 3. The Bertz CT molecular complexity index is 1310. The Labute approximate surface area is 247 Å². The normalized spacial score (nSPS) is 20.4. The molecule has 0 spiro atoms. The Morgan fingerprint density at radius 3 is 2.10 bits per heavy atom. The minimum Gasteiger partial charge on any atom is -0.352 e. The van der Waals surface area contributed by atoms with Crippen molar-refractivity contribution in [3.8, 4) is 0 Å². The van der Waals surface area contributed by atoms with Crippen molar-refractivity contribution in [2.24, 2.45) is 0 Å². The minimum absolute atomic E-state index is 0.0963. The summed E-state index contributed by atoms with van der Waals surface area (Å²) in [5, 5.41) is 6.85. The summed E-state index contributed by atoms with van der Waals surface area (Å²) in [5.74, 6) is -0.629. The van der Waals surface area contributed by atoms with E-state index in [1.807, 2.05) is 72.8 Å². The summed E-state index contributed by atoms with van der Waals surface area (Å²) in [7, 11) is 0. The van der Waals surface area contributed by atoms with Crippen LogP contribution in [0, 0.1) is 0 Å². The molecule has 1 aliphatic carbocycles. The lowest BCUT2D eigenvalue weighted by Crippen LogP contribution is -2.69. The number of benzene rings is 3. The molecule has 1 saturated carbocycles. The zero-order chi connectivity index (χ0) is 28.6. The first kappa shape index (κ1) is 28.9. The van der Waals surface area contributed by atoms with Gasteiger partial charge < -0.3 is 15.5 Å². The molecule has 41 heavy (non-hydrogen) atoms. The second kappa shape index (κ2) is 13.8. The molecular formula is C34H38ClN3O3. The van der Waals surface area contributed by atoms with Crippen molar-refractivity contribution in [3.05, 3.63) is 107 Å². The predicted molar refractivity (Wildman–Crippen MR) is 161 cm³/mol. The fraction of sp³-hybridized carbons (Fsp3) is 0.382. The van der Waals surface area contributed by atoms with Crippen molar-refractivity contribution in [2.75, 3.05) is 0 Å². The van der Waals surface area contributed by atoms with Crippen molar-refractivity contribution in [1.82, 2.24) is 15.5 Å². The van der Waals surface area contributed by atoms with E-state index in [2.05, 4.69) is 10.6 Å². The van der Waals surface area contributed by atoms with Gasteiger partial charge in [0.25, 0.3) is 0 Å². The zero-order valence-corrected chi connectivity index (χ0v) is 24.1. The highest BCUT2D eigenvalue weighted by atomic mass is 35.5. The number of nitrogens with zero attached hydrogens (tertiary/aromatic N) is 1. The molecule has 2 fully saturated rings. The van der Waals surface area contributed by atoms with Gasteiger partial charge in [0.1, 0.15) is 18.1 Å².